The van der Waals surface area contributed by atoms with Crippen LogP contribution in [0.25, 0.3) is 0 Å². The van der Waals surface area contributed by atoms with Crippen molar-refractivity contribution < 1.29 is 38.4 Å². The van der Waals surface area contributed by atoms with Gasteiger partial charge in [-0.2, -0.15) is 0 Å². The first-order valence-corrected chi connectivity index (χ1v) is 22.9. The number of hydrogen-bond donors (Lipinski definition) is 11. The van der Waals surface area contributed by atoms with Gasteiger partial charge in [0.1, 0.15) is 36.3 Å². The Bertz CT molecular complexity index is 2060. The van der Waals surface area contributed by atoms with Gasteiger partial charge in [-0.05, 0) is 74.8 Å². The van der Waals surface area contributed by atoms with Crippen LogP contribution < -0.4 is 61.0 Å². The number of likely N-dealkylation sites (tertiary alicyclic amines) is 1. The van der Waals surface area contributed by atoms with Crippen molar-refractivity contribution in [1.82, 2.24) is 31.5 Å². The van der Waals surface area contributed by atoms with E-state index in [1.165, 1.54) is 4.90 Å². The number of guanidine groups is 2. The van der Waals surface area contributed by atoms with Gasteiger partial charge in [-0.25, -0.2) is 0 Å². The summed E-state index contributed by atoms with van der Waals surface area (Å²) in [6, 6.07) is 11.4. The monoisotopic (exact) mass is 947 g/mol. The Balaban J connectivity index is 1.87. The van der Waals surface area contributed by atoms with Crippen LogP contribution in [0.1, 0.15) is 89.2 Å². The molecule has 1 fully saturated rings. The maximum Gasteiger partial charge on any atom is 0.245 e. The van der Waals surface area contributed by atoms with E-state index in [0.29, 0.717) is 24.8 Å². The fourth-order valence-electron chi connectivity index (χ4n) is 7.67. The van der Waals surface area contributed by atoms with Crippen molar-refractivity contribution in [2.75, 3.05) is 19.6 Å². The largest absolute Gasteiger partial charge is 0.370 e. The van der Waals surface area contributed by atoms with Gasteiger partial charge in [0.2, 0.25) is 47.3 Å². The molecule has 0 unspecified atom stereocenters. The number of carbonyl (C=O) groups is 8. The van der Waals surface area contributed by atoms with Crippen molar-refractivity contribution in [3.8, 4) is 0 Å². The summed E-state index contributed by atoms with van der Waals surface area (Å²) in [5, 5.41) is 13.6. The molecule has 1 aliphatic heterocycles. The van der Waals surface area contributed by atoms with Gasteiger partial charge in [0, 0.05) is 32.5 Å². The third-order valence-electron chi connectivity index (χ3n) is 11.0. The highest BCUT2D eigenvalue weighted by Crippen LogP contribution is 2.21. The zero-order valence-corrected chi connectivity index (χ0v) is 39.0. The fraction of sp³-hybridized carbons (Fsp3) is 0.522. The van der Waals surface area contributed by atoms with E-state index in [2.05, 4.69) is 36.6 Å². The number of amides is 8. The van der Waals surface area contributed by atoms with Gasteiger partial charge in [0.25, 0.3) is 0 Å². The molecule has 2 aromatic carbocycles. The first-order valence-electron chi connectivity index (χ1n) is 22.9. The molecule has 0 spiro atoms. The molecule has 0 bridgehead atoms. The van der Waals surface area contributed by atoms with Gasteiger partial charge >= 0.3 is 0 Å². The van der Waals surface area contributed by atoms with Gasteiger partial charge < -0.3 is 65.9 Å². The molecule has 8 amide bonds. The van der Waals surface area contributed by atoms with E-state index >= 15 is 0 Å². The molecular weight excluding hydrogens is 877 g/mol. The van der Waals surface area contributed by atoms with E-state index in [1.54, 1.807) is 30.3 Å². The maximum absolute atomic E-state index is 14.6. The van der Waals surface area contributed by atoms with E-state index in [-0.39, 0.29) is 94.7 Å². The van der Waals surface area contributed by atoms with Gasteiger partial charge in [-0.3, -0.25) is 48.3 Å². The van der Waals surface area contributed by atoms with Crippen LogP contribution in [0.2, 0.25) is 0 Å². The normalized spacial score (nSPS) is 15.3. The number of aryl methyl sites for hydroxylation is 1. The lowest BCUT2D eigenvalue weighted by Gasteiger charge is -2.31. The second-order valence-electron chi connectivity index (χ2n) is 17.2. The second kappa shape index (κ2) is 28.7. The van der Waals surface area contributed by atoms with E-state index in [0.717, 1.165) is 5.56 Å². The average molecular weight is 947 g/mol. The molecule has 68 heavy (non-hydrogen) atoms. The van der Waals surface area contributed by atoms with E-state index in [4.69, 9.17) is 34.4 Å². The Hall–Kier alpha value is -7.26. The molecule has 1 saturated heterocycles. The van der Waals surface area contributed by atoms with Crippen LogP contribution in [0.4, 0.5) is 0 Å². The number of hydrogen-bond acceptors (Lipinski definition) is 10. The summed E-state index contributed by atoms with van der Waals surface area (Å²) in [6.07, 6.45) is 2.19. The van der Waals surface area contributed by atoms with Crippen LogP contribution >= 0.6 is 0 Å². The first kappa shape index (κ1) is 55.1. The minimum Gasteiger partial charge on any atom is -0.370 e. The zero-order chi connectivity index (χ0) is 50.2. The lowest BCUT2D eigenvalue weighted by atomic mass is 10.00. The zero-order valence-electron chi connectivity index (χ0n) is 39.0. The molecule has 22 heteroatoms. The van der Waals surface area contributed by atoms with Crippen molar-refractivity contribution in [2.45, 2.75) is 127 Å². The third kappa shape index (κ3) is 20.1. The Kier molecular flexibility index (Phi) is 23.2. The van der Waals surface area contributed by atoms with Crippen LogP contribution in [0, 0.1) is 5.92 Å². The van der Waals surface area contributed by atoms with Gasteiger partial charge in [-0.1, -0.05) is 74.5 Å². The Labute approximate surface area is 397 Å². The number of aliphatic imine (C=N–C) groups is 2. The number of benzene rings is 2. The second-order valence-corrected chi connectivity index (χ2v) is 17.2. The summed E-state index contributed by atoms with van der Waals surface area (Å²) in [7, 11) is 0. The Morgan fingerprint density at radius 1 is 0.632 bits per heavy atom. The van der Waals surface area contributed by atoms with Crippen LogP contribution in [0.5, 0.6) is 0 Å². The fourth-order valence-corrected chi connectivity index (χ4v) is 7.67. The number of nitrogens with zero attached hydrogens (tertiary/aromatic N) is 3. The van der Waals surface area contributed by atoms with Crippen molar-refractivity contribution in [1.29, 1.82) is 0 Å². The SMILES string of the molecule is CC(C)C[C@H](NC(=O)CCCc1ccccc1)C(=O)N[C@@H](Cc1ccccc1)C(=O)N[C@@H](CCCN=C(N)N)C(=O)N1CCC[C@H]1C(=O)N[C@@H](CCCN=C(N)N)C(=O)N[C@@H](CC(N)=O)C(N)=O. The van der Waals surface area contributed by atoms with E-state index in [9.17, 15) is 38.4 Å². The molecule has 0 aromatic heterocycles. The predicted molar refractivity (Wildman–Crippen MR) is 256 cm³/mol. The molecule has 3 rings (SSSR count). The summed E-state index contributed by atoms with van der Waals surface area (Å²) in [4.78, 5) is 117. The predicted octanol–water partition coefficient (Wildman–Crippen LogP) is -1.82. The van der Waals surface area contributed by atoms with Gasteiger partial charge in [0.15, 0.2) is 11.9 Å². The molecule has 17 N–H and O–H groups in total. The summed E-state index contributed by atoms with van der Waals surface area (Å²) in [6.45, 7) is 4.14. The molecule has 1 aliphatic rings. The van der Waals surface area contributed by atoms with Crippen LogP contribution in [0.15, 0.2) is 70.6 Å². The molecule has 6 atom stereocenters. The number of nitrogens with two attached hydrogens (primary N) is 6. The lowest BCUT2D eigenvalue weighted by molar-refractivity contribution is -0.142. The number of nitrogens with one attached hydrogen (secondary N) is 5. The van der Waals surface area contributed by atoms with E-state index < -0.39 is 84.0 Å². The molecular formula is C46H70N14O8. The molecule has 22 nitrogen and oxygen atoms in total. The smallest absolute Gasteiger partial charge is 0.245 e. The number of primary amides is 2. The quantitative estimate of drug-likeness (QED) is 0.0244. The molecule has 0 saturated carbocycles. The first-order chi connectivity index (χ1) is 32.3. The average Bonchev–Trinajstić information content (AvgIpc) is 3.78. The lowest BCUT2D eigenvalue weighted by Crippen LogP contribution is -2.59. The van der Waals surface area contributed by atoms with Crippen molar-refractivity contribution >= 4 is 59.2 Å². The molecule has 0 aliphatic carbocycles. The highest BCUT2D eigenvalue weighted by molar-refractivity contribution is 5.98. The van der Waals surface area contributed by atoms with Gasteiger partial charge in [0.05, 0.1) is 6.42 Å². The third-order valence-corrected chi connectivity index (χ3v) is 11.0. The number of carbonyl (C=O) groups excluding carboxylic acids is 8. The van der Waals surface area contributed by atoms with E-state index in [1.807, 2.05) is 44.2 Å². The highest BCUT2D eigenvalue weighted by Gasteiger charge is 2.40. The summed E-state index contributed by atoms with van der Waals surface area (Å²) in [5.41, 5.74) is 34.4. The standard InChI is InChI=1S/C46H70N14O8/c1-28(2)25-34(55-38(62)21-9-17-29-13-5-3-6-14-29)41(65)59-35(26-30-15-7-4-8-16-30)42(66)57-32(19-11-23-54-46(51)52)44(68)60-24-12-20-36(60)43(67)56-31(18-10-22-53-45(49)50)40(64)58-33(39(48)63)27-37(47)61/h3-8,13-16,28,31-36H,9-12,17-27H2,1-2H3,(H2,47,61)(H2,48,63)(H,55,62)(H,56,67)(H,57,66)(H,58,64)(H,59,65)(H4,49,50,53)(H4,51,52,54)/t31-,32-,33-,34-,35-,36-/m0/s1. The molecule has 0 radical (unpaired) electrons. The van der Waals surface area contributed by atoms with Crippen molar-refractivity contribution in [2.24, 2.45) is 50.3 Å². The van der Waals surface area contributed by atoms with Crippen molar-refractivity contribution in [3.63, 3.8) is 0 Å². The molecule has 1 heterocycles. The highest BCUT2D eigenvalue weighted by atomic mass is 16.2. The summed E-state index contributed by atoms with van der Waals surface area (Å²) >= 11 is 0. The Morgan fingerprint density at radius 2 is 1.16 bits per heavy atom. The summed E-state index contributed by atoms with van der Waals surface area (Å²) < 4.78 is 0. The Morgan fingerprint density at radius 3 is 1.72 bits per heavy atom. The number of rotatable bonds is 29. The van der Waals surface area contributed by atoms with Crippen LogP contribution in [-0.2, 0) is 51.2 Å². The minimum absolute atomic E-state index is 0.00200. The topological polar surface area (TPSA) is 381 Å². The van der Waals surface area contributed by atoms with Crippen LogP contribution in [0.3, 0.4) is 0 Å². The minimum atomic E-state index is -1.46. The maximum atomic E-state index is 14.6. The summed E-state index contributed by atoms with van der Waals surface area (Å²) in [5.74, 6) is -6.05. The van der Waals surface area contributed by atoms with Gasteiger partial charge in [-0.15, -0.1) is 0 Å². The van der Waals surface area contributed by atoms with Crippen molar-refractivity contribution in [3.05, 3.63) is 71.8 Å². The van der Waals surface area contributed by atoms with Crippen LogP contribution in [-0.4, -0.2) is 120 Å². The molecule has 372 valence electrons. The molecule has 2 aromatic rings.